The van der Waals surface area contributed by atoms with Crippen LogP contribution in [-0.2, 0) is 6.42 Å². The largest absolute Gasteiger partial charge is 0.354 e. The number of nitrogens with one attached hydrogen (secondary N) is 1. The smallest absolute Gasteiger partial charge is 0.0497 e. The highest BCUT2D eigenvalue weighted by Gasteiger charge is 2.13. The third-order valence-corrected chi connectivity index (χ3v) is 5.22. The first-order valence-electron chi connectivity index (χ1n) is 9.73. The summed E-state index contributed by atoms with van der Waals surface area (Å²) in [6, 6.07) is 26.1. The normalized spacial score (nSPS) is 11.2. The van der Waals surface area contributed by atoms with Crippen LogP contribution in [0.4, 0.5) is 0 Å². The van der Waals surface area contributed by atoms with E-state index in [-0.39, 0.29) is 0 Å². The van der Waals surface area contributed by atoms with Crippen LogP contribution < -0.4 is 5.73 Å². The van der Waals surface area contributed by atoms with Gasteiger partial charge in [-0.3, -0.25) is 0 Å². The molecule has 0 radical (unpaired) electrons. The molecule has 0 atom stereocenters. The molecule has 0 aliphatic heterocycles. The number of unbranched alkanes of at least 4 members (excludes halogenated alkanes) is 1. The van der Waals surface area contributed by atoms with E-state index < -0.39 is 0 Å². The molecule has 4 aromatic rings. The number of aromatic amines is 1. The number of nitrogens with two attached hydrogens (primary N) is 1. The molecule has 0 amide bonds. The van der Waals surface area contributed by atoms with Gasteiger partial charge in [-0.25, -0.2) is 0 Å². The van der Waals surface area contributed by atoms with Gasteiger partial charge in [0.1, 0.15) is 0 Å². The third-order valence-electron chi connectivity index (χ3n) is 5.22. The van der Waals surface area contributed by atoms with E-state index in [0.717, 1.165) is 25.8 Å². The molecule has 136 valence electrons. The molecule has 0 aliphatic carbocycles. The Hall–Kier alpha value is -2.84. The summed E-state index contributed by atoms with van der Waals surface area (Å²) < 4.78 is 0. The quantitative estimate of drug-likeness (QED) is 0.404. The Labute approximate surface area is 161 Å². The van der Waals surface area contributed by atoms with E-state index in [0.29, 0.717) is 0 Å². The maximum absolute atomic E-state index is 5.72. The van der Waals surface area contributed by atoms with Gasteiger partial charge in [-0.05, 0) is 67.1 Å². The maximum Gasteiger partial charge on any atom is 0.0497 e. The fourth-order valence-corrected chi connectivity index (χ4v) is 3.77. The minimum absolute atomic E-state index is 0.752. The van der Waals surface area contributed by atoms with Crippen molar-refractivity contribution in [1.82, 2.24) is 4.98 Å². The predicted molar refractivity (Wildman–Crippen MR) is 116 cm³/mol. The Kier molecular flexibility index (Phi) is 5.08. The van der Waals surface area contributed by atoms with Gasteiger partial charge in [0.05, 0.1) is 0 Å². The second-order valence-corrected chi connectivity index (χ2v) is 7.22. The molecule has 0 bridgehead atoms. The topological polar surface area (TPSA) is 41.8 Å². The molecule has 2 heteroatoms. The van der Waals surface area contributed by atoms with Crippen LogP contribution in [0.5, 0.6) is 0 Å². The van der Waals surface area contributed by atoms with Gasteiger partial charge >= 0.3 is 0 Å². The zero-order valence-corrected chi connectivity index (χ0v) is 15.8. The minimum Gasteiger partial charge on any atom is -0.354 e. The summed E-state index contributed by atoms with van der Waals surface area (Å²) in [5.41, 5.74) is 14.6. The summed E-state index contributed by atoms with van der Waals surface area (Å²) in [6.07, 6.45) is 3.23. The number of hydrogen-bond acceptors (Lipinski definition) is 1. The van der Waals surface area contributed by atoms with Crippen molar-refractivity contribution in [3.8, 4) is 22.4 Å². The van der Waals surface area contributed by atoms with E-state index in [1.165, 1.54) is 44.4 Å². The molecule has 1 aromatic heterocycles. The predicted octanol–water partition coefficient (Wildman–Crippen LogP) is 6.09. The van der Waals surface area contributed by atoms with Gasteiger partial charge in [-0.15, -0.1) is 0 Å². The van der Waals surface area contributed by atoms with Crippen molar-refractivity contribution in [3.63, 3.8) is 0 Å². The van der Waals surface area contributed by atoms with Crippen molar-refractivity contribution in [2.24, 2.45) is 5.73 Å². The Balaban J connectivity index is 1.74. The first-order valence-corrected chi connectivity index (χ1v) is 9.73. The average Bonchev–Trinajstić information content (AvgIpc) is 3.07. The highest BCUT2D eigenvalue weighted by molar-refractivity contribution is 5.91. The van der Waals surface area contributed by atoms with Crippen LogP contribution in [-0.4, -0.2) is 11.5 Å². The lowest BCUT2D eigenvalue weighted by Gasteiger charge is -2.07. The lowest BCUT2D eigenvalue weighted by atomic mass is 9.98. The molecular weight excluding hydrogens is 328 g/mol. The van der Waals surface area contributed by atoms with Gasteiger partial charge in [-0.2, -0.15) is 0 Å². The molecule has 1 heterocycles. The minimum atomic E-state index is 0.752. The maximum atomic E-state index is 5.72. The average molecular weight is 354 g/mol. The third kappa shape index (κ3) is 3.67. The van der Waals surface area contributed by atoms with Crippen molar-refractivity contribution < 1.29 is 0 Å². The summed E-state index contributed by atoms with van der Waals surface area (Å²) in [5, 5.41) is 1.34. The van der Waals surface area contributed by atoms with Gasteiger partial charge in [-0.1, -0.05) is 66.2 Å². The van der Waals surface area contributed by atoms with Crippen LogP contribution in [0.2, 0.25) is 0 Å². The molecular formula is C25H26N2. The number of H-pyrrole nitrogens is 1. The SMILES string of the molecule is Cc1ccc2[nH]c(-c3ccc(-c4ccccc4)cc3)c(CCCCN)c2c1. The second kappa shape index (κ2) is 7.81. The number of benzene rings is 3. The van der Waals surface area contributed by atoms with Crippen molar-refractivity contribution in [2.75, 3.05) is 6.54 Å². The fraction of sp³-hybridized carbons (Fsp3) is 0.200. The standard InChI is InChI=1S/C25H26N2/c1-18-10-15-24-23(17-18)22(9-5-6-16-26)25(27-24)21-13-11-20(12-14-21)19-7-3-2-4-8-19/h2-4,7-8,10-15,17,27H,5-6,9,16,26H2,1H3. The summed E-state index contributed by atoms with van der Waals surface area (Å²) in [5.74, 6) is 0. The van der Waals surface area contributed by atoms with E-state index in [2.05, 4.69) is 84.7 Å². The molecule has 0 saturated heterocycles. The number of aromatic nitrogens is 1. The Bertz CT molecular complexity index is 1030. The summed E-state index contributed by atoms with van der Waals surface area (Å²) in [4.78, 5) is 3.66. The summed E-state index contributed by atoms with van der Waals surface area (Å²) in [6.45, 7) is 2.91. The Morgan fingerprint density at radius 1 is 0.778 bits per heavy atom. The van der Waals surface area contributed by atoms with Gasteiger partial charge in [0, 0.05) is 16.6 Å². The second-order valence-electron chi connectivity index (χ2n) is 7.22. The highest BCUT2D eigenvalue weighted by atomic mass is 14.7. The van der Waals surface area contributed by atoms with Gasteiger partial charge in [0.25, 0.3) is 0 Å². The van der Waals surface area contributed by atoms with Crippen LogP contribution >= 0.6 is 0 Å². The van der Waals surface area contributed by atoms with Crippen LogP contribution in [0.3, 0.4) is 0 Å². The van der Waals surface area contributed by atoms with E-state index in [9.17, 15) is 0 Å². The molecule has 0 spiro atoms. The van der Waals surface area contributed by atoms with E-state index in [1.807, 2.05) is 0 Å². The molecule has 3 N–H and O–H groups in total. The van der Waals surface area contributed by atoms with Gasteiger partial charge in [0.15, 0.2) is 0 Å². The van der Waals surface area contributed by atoms with Crippen LogP contribution in [0.1, 0.15) is 24.0 Å². The number of fused-ring (bicyclic) bond motifs is 1. The molecule has 0 unspecified atom stereocenters. The molecule has 0 aliphatic rings. The van der Waals surface area contributed by atoms with Crippen molar-refractivity contribution in [1.29, 1.82) is 0 Å². The number of aryl methyl sites for hydroxylation is 2. The Morgan fingerprint density at radius 2 is 1.48 bits per heavy atom. The Morgan fingerprint density at radius 3 is 2.22 bits per heavy atom. The van der Waals surface area contributed by atoms with Crippen LogP contribution in [0.15, 0.2) is 72.8 Å². The summed E-state index contributed by atoms with van der Waals surface area (Å²) >= 11 is 0. The van der Waals surface area contributed by atoms with Crippen LogP contribution in [0, 0.1) is 6.92 Å². The number of hydrogen-bond donors (Lipinski definition) is 2. The molecule has 3 aromatic carbocycles. The molecule has 2 nitrogen and oxygen atoms in total. The first-order chi connectivity index (χ1) is 13.3. The monoisotopic (exact) mass is 354 g/mol. The van der Waals surface area contributed by atoms with Crippen molar-refractivity contribution >= 4 is 10.9 Å². The first kappa shape index (κ1) is 17.6. The fourth-order valence-electron chi connectivity index (χ4n) is 3.77. The highest BCUT2D eigenvalue weighted by Crippen LogP contribution is 2.33. The lowest BCUT2D eigenvalue weighted by Crippen LogP contribution is -1.99. The van der Waals surface area contributed by atoms with E-state index >= 15 is 0 Å². The molecule has 4 rings (SSSR count). The molecule has 0 saturated carbocycles. The number of rotatable bonds is 6. The lowest BCUT2D eigenvalue weighted by molar-refractivity contribution is 0.748. The van der Waals surface area contributed by atoms with Crippen LogP contribution in [0.25, 0.3) is 33.3 Å². The van der Waals surface area contributed by atoms with Crippen molar-refractivity contribution in [3.05, 3.63) is 83.9 Å². The zero-order chi connectivity index (χ0) is 18.6. The molecule has 0 fully saturated rings. The van der Waals surface area contributed by atoms with E-state index in [1.54, 1.807) is 0 Å². The molecule has 27 heavy (non-hydrogen) atoms. The summed E-state index contributed by atoms with van der Waals surface area (Å²) in [7, 11) is 0. The zero-order valence-electron chi connectivity index (χ0n) is 15.8. The van der Waals surface area contributed by atoms with E-state index in [4.69, 9.17) is 5.73 Å². The van der Waals surface area contributed by atoms with Gasteiger partial charge < -0.3 is 10.7 Å². The van der Waals surface area contributed by atoms with Gasteiger partial charge in [0.2, 0.25) is 0 Å². The van der Waals surface area contributed by atoms with Crippen molar-refractivity contribution in [2.45, 2.75) is 26.2 Å².